The van der Waals surface area contributed by atoms with Gasteiger partial charge in [0.2, 0.25) is 0 Å². The largest absolute Gasteiger partial charge is 0.313 e. The van der Waals surface area contributed by atoms with Crippen LogP contribution >= 0.6 is 27.5 Å². The van der Waals surface area contributed by atoms with E-state index in [1.54, 1.807) is 0 Å². The molecule has 1 N–H and O–H groups in total. The van der Waals surface area contributed by atoms with Gasteiger partial charge in [-0.2, -0.15) is 0 Å². The molecule has 2 atom stereocenters. The van der Waals surface area contributed by atoms with Crippen LogP contribution < -0.4 is 5.32 Å². The van der Waals surface area contributed by atoms with E-state index in [1.807, 2.05) is 19.2 Å². The number of halogens is 2. The molecule has 0 spiro atoms. The van der Waals surface area contributed by atoms with Gasteiger partial charge in [0.15, 0.2) is 0 Å². The third-order valence-corrected chi connectivity index (χ3v) is 5.09. The van der Waals surface area contributed by atoms with Crippen molar-refractivity contribution in [2.24, 2.45) is 0 Å². The van der Waals surface area contributed by atoms with Gasteiger partial charge in [-0.1, -0.05) is 57.9 Å². The lowest BCUT2D eigenvalue weighted by Gasteiger charge is -2.33. The SMILES string of the molecule is CNC(CC1Cc2ccccc21)c1ccc(Cl)cc1Br. The normalized spacial score (nSPS) is 18.2. The van der Waals surface area contributed by atoms with Crippen LogP contribution in [0.15, 0.2) is 46.9 Å². The fourth-order valence-corrected chi connectivity index (χ4v) is 4.00. The molecule has 3 rings (SSSR count). The van der Waals surface area contributed by atoms with Crippen molar-refractivity contribution in [3.05, 3.63) is 68.7 Å². The Balaban J connectivity index is 1.79. The van der Waals surface area contributed by atoms with Crippen LogP contribution in [-0.2, 0) is 6.42 Å². The molecule has 0 saturated heterocycles. The summed E-state index contributed by atoms with van der Waals surface area (Å²) in [5, 5.41) is 4.20. The highest BCUT2D eigenvalue weighted by atomic mass is 79.9. The Morgan fingerprint density at radius 3 is 2.80 bits per heavy atom. The topological polar surface area (TPSA) is 12.0 Å². The first-order valence-corrected chi connectivity index (χ1v) is 8.06. The molecular formula is C17H17BrClN. The van der Waals surface area contributed by atoms with Crippen LogP contribution in [0, 0.1) is 0 Å². The summed E-state index contributed by atoms with van der Waals surface area (Å²) in [6.07, 6.45) is 2.31. The number of hydrogen-bond acceptors (Lipinski definition) is 1. The Morgan fingerprint density at radius 2 is 2.10 bits per heavy atom. The van der Waals surface area contributed by atoms with Crippen LogP contribution in [0.1, 0.15) is 35.1 Å². The van der Waals surface area contributed by atoms with Crippen molar-refractivity contribution in [3.63, 3.8) is 0 Å². The molecule has 0 radical (unpaired) electrons. The summed E-state index contributed by atoms with van der Waals surface area (Å²) in [7, 11) is 2.02. The molecule has 104 valence electrons. The molecule has 1 nitrogen and oxygen atoms in total. The van der Waals surface area contributed by atoms with E-state index >= 15 is 0 Å². The molecule has 2 unspecified atom stereocenters. The minimum atomic E-state index is 0.347. The zero-order valence-electron chi connectivity index (χ0n) is 11.4. The molecule has 0 fully saturated rings. The molecule has 0 bridgehead atoms. The lowest BCUT2D eigenvalue weighted by Crippen LogP contribution is -2.25. The third kappa shape index (κ3) is 2.65. The molecule has 0 amide bonds. The molecular weight excluding hydrogens is 334 g/mol. The highest BCUT2D eigenvalue weighted by Crippen LogP contribution is 2.41. The van der Waals surface area contributed by atoms with E-state index in [2.05, 4.69) is 51.6 Å². The van der Waals surface area contributed by atoms with Gasteiger partial charge in [0, 0.05) is 15.5 Å². The number of benzene rings is 2. The maximum Gasteiger partial charge on any atom is 0.0417 e. The summed E-state index contributed by atoms with van der Waals surface area (Å²) in [6, 6.07) is 15.1. The van der Waals surface area contributed by atoms with E-state index in [9.17, 15) is 0 Å². The average molecular weight is 351 g/mol. The van der Waals surface area contributed by atoms with Gasteiger partial charge in [-0.25, -0.2) is 0 Å². The Morgan fingerprint density at radius 1 is 1.30 bits per heavy atom. The van der Waals surface area contributed by atoms with Crippen molar-refractivity contribution in [1.82, 2.24) is 5.32 Å². The second kappa shape index (κ2) is 5.88. The van der Waals surface area contributed by atoms with Gasteiger partial charge < -0.3 is 5.32 Å². The molecule has 0 saturated carbocycles. The smallest absolute Gasteiger partial charge is 0.0417 e. The monoisotopic (exact) mass is 349 g/mol. The summed E-state index contributed by atoms with van der Waals surface area (Å²) < 4.78 is 1.08. The maximum absolute atomic E-state index is 6.03. The van der Waals surface area contributed by atoms with Crippen molar-refractivity contribution < 1.29 is 0 Å². The quantitative estimate of drug-likeness (QED) is 0.809. The summed E-state index contributed by atoms with van der Waals surface area (Å²) in [4.78, 5) is 0. The predicted octanol–water partition coefficient (Wildman–Crippen LogP) is 5.09. The number of fused-ring (bicyclic) bond motifs is 1. The van der Waals surface area contributed by atoms with Gasteiger partial charge in [-0.05, 0) is 54.6 Å². The first-order valence-electron chi connectivity index (χ1n) is 6.89. The molecule has 20 heavy (non-hydrogen) atoms. The van der Waals surface area contributed by atoms with Crippen LogP contribution in [0.3, 0.4) is 0 Å². The van der Waals surface area contributed by atoms with E-state index < -0.39 is 0 Å². The molecule has 0 aromatic heterocycles. The van der Waals surface area contributed by atoms with E-state index in [-0.39, 0.29) is 0 Å². The summed E-state index contributed by atoms with van der Waals surface area (Å²) >= 11 is 9.65. The van der Waals surface area contributed by atoms with Crippen molar-refractivity contribution in [2.75, 3.05) is 7.05 Å². The van der Waals surface area contributed by atoms with E-state index in [0.29, 0.717) is 12.0 Å². The van der Waals surface area contributed by atoms with Gasteiger partial charge >= 0.3 is 0 Å². The van der Waals surface area contributed by atoms with Gasteiger partial charge in [-0.15, -0.1) is 0 Å². The standard InChI is InChI=1S/C17H17BrClN/c1-20-17(15-7-6-13(19)10-16(15)18)9-12-8-11-4-2-3-5-14(11)12/h2-7,10,12,17,20H,8-9H2,1H3. The van der Waals surface area contributed by atoms with Crippen LogP contribution in [0.4, 0.5) is 0 Å². The highest BCUT2D eigenvalue weighted by molar-refractivity contribution is 9.10. The van der Waals surface area contributed by atoms with Crippen LogP contribution in [-0.4, -0.2) is 7.05 Å². The fourth-order valence-electron chi connectivity index (χ4n) is 3.04. The van der Waals surface area contributed by atoms with E-state index in [1.165, 1.54) is 23.1 Å². The van der Waals surface area contributed by atoms with Gasteiger partial charge in [0.05, 0.1) is 0 Å². The molecule has 1 aliphatic carbocycles. The summed E-state index contributed by atoms with van der Waals surface area (Å²) in [5.74, 6) is 0.659. The average Bonchev–Trinajstić information content (AvgIpc) is 2.41. The number of rotatable bonds is 4. The van der Waals surface area contributed by atoms with Crippen molar-refractivity contribution in [1.29, 1.82) is 0 Å². The number of nitrogens with one attached hydrogen (secondary N) is 1. The highest BCUT2D eigenvalue weighted by Gasteiger charge is 2.28. The van der Waals surface area contributed by atoms with Gasteiger partial charge in [-0.3, -0.25) is 0 Å². The Bertz CT molecular complexity index is 626. The van der Waals surface area contributed by atoms with E-state index in [0.717, 1.165) is 15.9 Å². The fraction of sp³-hybridized carbons (Fsp3) is 0.294. The Kier molecular flexibility index (Phi) is 4.16. The predicted molar refractivity (Wildman–Crippen MR) is 88.5 cm³/mol. The number of hydrogen-bond donors (Lipinski definition) is 1. The molecule has 2 aromatic carbocycles. The Hall–Kier alpha value is -0.830. The molecule has 3 heteroatoms. The van der Waals surface area contributed by atoms with Crippen LogP contribution in [0.25, 0.3) is 0 Å². The molecule has 0 heterocycles. The molecule has 1 aliphatic rings. The van der Waals surface area contributed by atoms with Gasteiger partial charge in [0.25, 0.3) is 0 Å². The lowest BCUT2D eigenvalue weighted by molar-refractivity contribution is 0.451. The van der Waals surface area contributed by atoms with E-state index in [4.69, 9.17) is 11.6 Å². The zero-order valence-corrected chi connectivity index (χ0v) is 13.7. The zero-order chi connectivity index (χ0) is 14.1. The molecule has 0 aliphatic heterocycles. The first-order chi connectivity index (χ1) is 9.69. The van der Waals surface area contributed by atoms with Crippen molar-refractivity contribution >= 4 is 27.5 Å². The van der Waals surface area contributed by atoms with Crippen molar-refractivity contribution in [3.8, 4) is 0 Å². The minimum Gasteiger partial charge on any atom is -0.313 e. The van der Waals surface area contributed by atoms with Crippen LogP contribution in [0.5, 0.6) is 0 Å². The Labute approximate surface area is 133 Å². The second-order valence-electron chi connectivity index (χ2n) is 5.34. The molecule has 2 aromatic rings. The maximum atomic E-state index is 6.03. The lowest BCUT2D eigenvalue weighted by atomic mass is 9.74. The minimum absolute atomic E-state index is 0.347. The van der Waals surface area contributed by atoms with Crippen LogP contribution in [0.2, 0.25) is 5.02 Å². The van der Waals surface area contributed by atoms with Crippen molar-refractivity contribution in [2.45, 2.75) is 24.8 Å². The first kappa shape index (κ1) is 14.1. The summed E-state index contributed by atoms with van der Waals surface area (Å²) in [5.41, 5.74) is 4.29. The van der Waals surface area contributed by atoms with Gasteiger partial charge in [0.1, 0.15) is 0 Å². The third-order valence-electron chi connectivity index (χ3n) is 4.17. The second-order valence-corrected chi connectivity index (χ2v) is 6.63. The summed E-state index contributed by atoms with van der Waals surface area (Å²) in [6.45, 7) is 0.